The molecule has 2 rings (SSSR count). The van der Waals surface area contributed by atoms with Crippen LogP contribution in [0.4, 0.5) is 0 Å². The first kappa shape index (κ1) is 15.7. The van der Waals surface area contributed by atoms with Crippen molar-refractivity contribution in [2.24, 2.45) is 5.92 Å². The monoisotopic (exact) mass is 284 g/mol. The van der Waals surface area contributed by atoms with Crippen LogP contribution in [-0.2, 0) is 9.53 Å². The van der Waals surface area contributed by atoms with E-state index in [-0.39, 0.29) is 12.5 Å². The van der Waals surface area contributed by atoms with Gasteiger partial charge in [0.2, 0.25) is 0 Å². The fraction of sp³-hybridized carbons (Fsp3) is 0.933. The number of morpholine rings is 1. The lowest BCUT2D eigenvalue weighted by Crippen LogP contribution is -2.54. The second kappa shape index (κ2) is 7.38. The average molecular weight is 284 g/mol. The van der Waals surface area contributed by atoms with E-state index in [9.17, 15) is 4.79 Å². The third-order valence-electron chi connectivity index (χ3n) is 4.33. The highest BCUT2D eigenvalue weighted by molar-refractivity contribution is 5.67. The van der Waals surface area contributed by atoms with Gasteiger partial charge in [-0.2, -0.15) is 0 Å². The van der Waals surface area contributed by atoms with E-state index < -0.39 is 5.97 Å². The van der Waals surface area contributed by atoms with E-state index in [1.54, 1.807) is 0 Å². The SMILES string of the molecule is CC(C)CN1CCC(N2CCOCC2CC(=O)O)CC1. The zero-order chi connectivity index (χ0) is 14.5. The Hall–Kier alpha value is -0.650. The minimum absolute atomic E-state index is 0.0582. The van der Waals surface area contributed by atoms with Crippen LogP contribution in [0.3, 0.4) is 0 Å². The fourth-order valence-corrected chi connectivity index (χ4v) is 3.48. The van der Waals surface area contributed by atoms with Crippen LogP contribution in [0.2, 0.25) is 0 Å². The quantitative estimate of drug-likeness (QED) is 0.824. The Labute approximate surface area is 121 Å². The third-order valence-corrected chi connectivity index (χ3v) is 4.33. The molecule has 1 N–H and O–H groups in total. The van der Waals surface area contributed by atoms with Crippen molar-refractivity contribution in [2.75, 3.05) is 39.4 Å². The Morgan fingerprint density at radius 1 is 1.30 bits per heavy atom. The van der Waals surface area contributed by atoms with Gasteiger partial charge in [-0.1, -0.05) is 13.8 Å². The van der Waals surface area contributed by atoms with E-state index in [2.05, 4.69) is 23.6 Å². The molecule has 116 valence electrons. The van der Waals surface area contributed by atoms with Gasteiger partial charge < -0.3 is 14.7 Å². The van der Waals surface area contributed by atoms with Crippen LogP contribution in [-0.4, -0.2) is 72.4 Å². The fourth-order valence-electron chi connectivity index (χ4n) is 3.48. The molecule has 0 bridgehead atoms. The molecule has 0 radical (unpaired) electrons. The van der Waals surface area contributed by atoms with Gasteiger partial charge in [0, 0.05) is 25.2 Å². The molecule has 2 aliphatic rings. The molecular weight excluding hydrogens is 256 g/mol. The highest BCUT2D eigenvalue weighted by atomic mass is 16.5. The van der Waals surface area contributed by atoms with Crippen LogP contribution < -0.4 is 0 Å². The van der Waals surface area contributed by atoms with Crippen molar-refractivity contribution in [3.8, 4) is 0 Å². The molecule has 1 atom stereocenters. The molecule has 5 heteroatoms. The minimum Gasteiger partial charge on any atom is -0.481 e. The number of hydrogen-bond acceptors (Lipinski definition) is 4. The van der Waals surface area contributed by atoms with Crippen molar-refractivity contribution in [3.63, 3.8) is 0 Å². The van der Waals surface area contributed by atoms with Crippen LogP contribution in [0, 0.1) is 5.92 Å². The molecule has 2 fully saturated rings. The molecule has 0 saturated carbocycles. The molecule has 2 aliphatic heterocycles. The third kappa shape index (κ3) is 4.43. The van der Waals surface area contributed by atoms with Crippen LogP contribution in [0.1, 0.15) is 33.1 Å². The first-order valence-corrected chi connectivity index (χ1v) is 7.84. The van der Waals surface area contributed by atoms with Crippen molar-refractivity contribution in [3.05, 3.63) is 0 Å². The van der Waals surface area contributed by atoms with Crippen molar-refractivity contribution in [1.29, 1.82) is 0 Å². The Bertz CT molecular complexity index is 314. The summed E-state index contributed by atoms with van der Waals surface area (Å²) in [5, 5.41) is 9.03. The average Bonchev–Trinajstić information content (AvgIpc) is 2.39. The lowest BCUT2D eigenvalue weighted by atomic mass is 9.98. The number of carbonyl (C=O) groups is 1. The minimum atomic E-state index is -0.720. The molecule has 0 aromatic rings. The summed E-state index contributed by atoms with van der Waals surface area (Å²) in [4.78, 5) is 15.9. The highest BCUT2D eigenvalue weighted by Gasteiger charge is 2.32. The lowest BCUT2D eigenvalue weighted by Gasteiger charge is -2.44. The number of nitrogens with zero attached hydrogens (tertiary/aromatic N) is 2. The summed E-state index contributed by atoms with van der Waals surface area (Å²) in [6.45, 7) is 10.2. The first-order chi connectivity index (χ1) is 9.56. The maximum absolute atomic E-state index is 11.0. The number of carboxylic acids is 1. The maximum Gasteiger partial charge on any atom is 0.305 e. The number of piperidine rings is 1. The number of likely N-dealkylation sites (tertiary alicyclic amines) is 1. The van der Waals surface area contributed by atoms with Gasteiger partial charge in [0.25, 0.3) is 0 Å². The summed E-state index contributed by atoms with van der Waals surface area (Å²) < 4.78 is 5.46. The molecule has 0 aliphatic carbocycles. The molecule has 20 heavy (non-hydrogen) atoms. The van der Waals surface area contributed by atoms with Crippen LogP contribution in [0.25, 0.3) is 0 Å². The van der Waals surface area contributed by atoms with E-state index in [1.165, 1.54) is 6.54 Å². The summed E-state index contributed by atoms with van der Waals surface area (Å²) in [5.74, 6) is -0.00237. The number of carboxylic acid groups (broad SMARTS) is 1. The molecular formula is C15H28N2O3. The van der Waals surface area contributed by atoms with Crippen LogP contribution in [0.15, 0.2) is 0 Å². The van der Waals surface area contributed by atoms with E-state index in [0.29, 0.717) is 12.6 Å². The zero-order valence-corrected chi connectivity index (χ0v) is 12.8. The summed E-state index contributed by atoms with van der Waals surface area (Å²) in [6.07, 6.45) is 2.51. The molecule has 0 aromatic carbocycles. The van der Waals surface area contributed by atoms with E-state index in [4.69, 9.17) is 9.84 Å². The Balaban J connectivity index is 1.85. The molecule has 1 unspecified atom stereocenters. The number of hydrogen-bond donors (Lipinski definition) is 1. The summed E-state index contributed by atoms with van der Waals surface area (Å²) >= 11 is 0. The molecule has 0 aromatic heterocycles. The Morgan fingerprint density at radius 2 is 2.00 bits per heavy atom. The Morgan fingerprint density at radius 3 is 2.60 bits per heavy atom. The number of aliphatic carboxylic acids is 1. The van der Waals surface area contributed by atoms with Crippen molar-refractivity contribution in [2.45, 2.75) is 45.2 Å². The topological polar surface area (TPSA) is 53.0 Å². The van der Waals surface area contributed by atoms with E-state index >= 15 is 0 Å². The van der Waals surface area contributed by atoms with E-state index in [0.717, 1.165) is 45.0 Å². The van der Waals surface area contributed by atoms with Gasteiger partial charge in [-0.25, -0.2) is 0 Å². The second-order valence-electron chi connectivity index (χ2n) is 6.49. The summed E-state index contributed by atoms with van der Waals surface area (Å²) in [5.41, 5.74) is 0. The van der Waals surface area contributed by atoms with Gasteiger partial charge in [-0.3, -0.25) is 9.69 Å². The van der Waals surface area contributed by atoms with Crippen molar-refractivity contribution in [1.82, 2.24) is 9.80 Å². The van der Waals surface area contributed by atoms with Crippen molar-refractivity contribution >= 4 is 5.97 Å². The van der Waals surface area contributed by atoms with Gasteiger partial charge in [0.05, 0.1) is 19.6 Å². The van der Waals surface area contributed by atoms with E-state index in [1.807, 2.05) is 0 Å². The predicted molar refractivity (Wildman–Crippen MR) is 77.9 cm³/mol. The largest absolute Gasteiger partial charge is 0.481 e. The smallest absolute Gasteiger partial charge is 0.305 e. The second-order valence-corrected chi connectivity index (χ2v) is 6.49. The summed E-state index contributed by atoms with van der Waals surface area (Å²) in [6, 6.07) is 0.592. The highest BCUT2D eigenvalue weighted by Crippen LogP contribution is 2.22. The molecule has 0 spiro atoms. The molecule has 2 saturated heterocycles. The standard InChI is InChI=1S/C15H28N2O3/c1-12(2)10-16-5-3-13(4-6-16)17-7-8-20-11-14(17)9-15(18)19/h12-14H,3-11H2,1-2H3,(H,18,19). The van der Waals surface area contributed by atoms with Gasteiger partial charge >= 0.3 is 5.97 Å². The van der Waals surface area contributed by atoms with Crippen LogP contribution >= 0.6 is 0 Å². The maximum atomic E-state index is 11.0. The first-order valence-electron chi connectivity index (χ1n) is 7.84. The van der Waals surface area contributed by atoms with Gasteiger partial charge in [0.1, 0.15) is 0 Å². The predicted octanol–water partition coefficient (Wildman–Crippen LogP) is 1.28. The van der Waals surface area contributed by atoms with Crippen LogP contribution in [0.5, 0.6) is 0 Å². The molecule has 2 heterocycles. The Kier molecular flexibility index (Phi) is 5.81. The lowest BCUT2D eigenvalue weighted by molar-refractivity contribution is -0.141. The van der Waals surface area contributed by atoms with Gasteiger partial charge in [-0.15, -0.1) is 0 Å². The molecule has 0 amide bonds. The summed E-state index contributed by atoms with van der Waals surface area (Å²) in [7, 11) is 0. The van der Waals surface area contributed by atoms with Crippen molar-refractivity contribution < 1.29 is 14.6 Å². The van der Waals surface area contributed by atoms with Gasteiger partial charge in [-0.05, 0) is 31.8 Å². The van der Waals surface area contributed by atoms with Gasteiger partial charge in [0.15, 0.2) is 0 Å². The zero-order valence-electron chi connectivity index (χ0n) is 12.8. The number of ether oxygens (including phenoxy) is 1. The number of rotatable bonds is 5. The normalized spacial score (nSPS) is 27.1. The molecule has 5 nitrogen and oxygen atoms in total.